The Morgan fingerprint density at radius 2 is 1.64 bits per heavy atom. The Hall–Kier alpha value is -3.46. The molecule has 9 heteroatoms. The second-order valence-corrected chi connectivity index (χ2v) is 7.78. The molecule has 142 valence electrons. The number of hydrogen-bond donors (Lipinski definition) is 1. The number of aryl methyl sites for hydroxylation is 1. The molecule has 0 fully saturated rings. The first-order valence-electron chi connectivity index (χ1n) is 8.43. The number of sulfonamides is 1. The lowest BCUT2D eigenvalue weighted by atomic mass is 10.1. The molecule has 1 N–H and O–H groups in total. The summed E-state index contributed by atoms with van der Waals surface area (Å²) >= 11 is 0. The third kappa shape index (κ3) is 3.39. The van der Waals surface area contributed by atoms with Crippen LogP contribution in [0.5, 0.6) is 5.75 Å². The van der Waals surface area contributed by atoms with Gasteiger partial charge in [-0.15, -0.1) is 10.2 Å². The summed E-state index contributed by atoms with van der Waals surface area (Å²) in [5.41, 5.74) is 2.72. The molecule has 8 nitrogen and oxygen atoms in total. The standard InChI is InChI=1S/C19H17N5O3S/c1-13-20-21-19-12-11-18(22-24(13)19)14-3-5-15(6-4-14)23-28(25,26)17-9-7-16(27-2)8-10-17/h3-12,23H,1-2H3. The number of nitrogens with one attached hydrogen (secondary N) is 1. The molecule has 4 aromatic rings. The fourth-order valence-corrected chi connectivity index (χ4v) is 3.79. The van der Waals surface area contributed by atoms with Crippen molar-refractivity contribution < 1.29 is 13.2 Å². The van der Waals surface area contributed by atoms with Gasteiger partial charge in [-0.05, 0) is 55.5 Å². The van der Waals surface area contributed by atoms with Gasteiger partial charge in [-0.3, -0.25) is 4.72 Å². The van der Waals surface area contributed by atoms with E-state index in [0.29, 0.717) is 22.9 Å². The van der Waals surface area contributed by atoms with Gasteiger partial charge in [0, 0.05) is 11.3 Å². The zero-order valence-corrected chi connectivity index (χ0v) is 16.0. The number of nitrogens with zero attached hydrogens (tertiary/aromatic N) is 4. The van der Waals surface area contributed by atoms with Crippen LogP contribution in [-0.2, 0) is 10.0 Å². The van der Waals surface area contributed by atoms with Crippen LogP contribution in [0.2, 0.25) is 0 Å². The molecule has 0 atom stereocenters. The van der Waals surface area contributed by atoms with Gasteiger partial charge in [0.1, 0.15) is 5.75 Å². The van der Waals surface area contributed by atoms with Crippen LogP contribution in [0.25, 0.3) is 16.9 Å². The maximum atomic E-state index is 12.5. The minimum atomic E-state index is -3.68. The van der Waals surface area contributed by atoms with Gasteiger partial charge in [-0.25, -0.2) is 8.42 Å². The van der Waals surface area contributed by atoms with Gasteiger partial charge in [0.05, 0.1) is 17.7 Å². The van der Waals surface area contributed by atoms with Crippen molar-refractivity contribution in [1.82, 2.24) is 19.8 Å². The van der Waals surface area contributed by atoms with E-state index >= 15 is 0 Å². The molecule has 0 saturated carbocycles. The molecule has 0 amide bonds. The van der Waals surface area contributed by atoms with Crippen LogP contribution in [-0.4, -0.2) is 35.3 Å². The molecule has 4 rings (SSSR count). The molecule has 2 aromatic carbocycles. The Kier molecular flexibility index (Phi) is 4.44. The van der Waals surface area contributed by atoms with Crippen molar-refractivity contribution in [2.24, 2.45) is 0 Å². The number of methoxy groups -OCH3 is 1. The first-order valence-corrected chi connectivity index (χ1v) is 9.91. The smallest absolute Gasteiger partial charge is 0.261 e. The highest BCUT2D eigenvalue weighted by molar-refractivity contribution is 7.92. The average Bonchev–Trinajstić information content (AvgIpc) is 3.09. The number of ether oxygens (including phenoxy) is 1. The van der Waals surface area contributed by atoms with Crippen molar-refractivity contribution in [2.75, 3.05) is 11.8 Å². The summed E-state index contributed by atoms with van der Waals surface area (Å²) in [6.45, 7) is 1.83. The van der Waals surface area contributed by atoms with E-state index in [1.54, 1.807) is 40.9 Å². The number of fused-ring (bicyclic) bond motifs is 1. The molecule has 2 heterocycles. The summed E-state index contributed by atoms with van der Waals surface area (Å²) in [5, 5.41) is 12.5. The van der Waals surface area contributed by atoms with Crippen molar-refractivity contribution in [3.8, 4) is 17.0 Å². The average molecular weight is 395 g/mol. The molecule has 0 saturated heterocycles. The molecule has 0 unspecified atom stereocenters. The molecule has 0 spiro atoms. The normalized spacial score (nSPS) is 11.5. The number of aromatic nitrogens is 4. The van der Waals surface area contributed by atoms with Crippen LogP contribution < -0.4 is 9.46 Å². The maximum Gasteiger partial charge on any atom is 0.261 e. The Morgan fingerprint density at radius 3 is 2.32 bits per heavy atom. The van der Waals surface area contributed by atoms with Gasteiger partial charge in [0.15, 0.2) is 11.5 Å². The van der Waals surface area contributed by atoms with Crippen molar-refractivity contribution in [2.45, 2.75) is 11.8 Å². The highest BCUT2D eigenvalue weighted by Gasteiger charge is 2.14. The lowest BCUT2D eigenvalue weighted by Crippen LogP contribution is -2.12. The highest BCUT2D eigenvalue weighted by atomic mass is 32.2. The van der Waals surface area contributed by atoms with Crippen LogP contribution in [0.15, 0.2) is 65.6 Å². The summed E-state index contributed by atoms with van der Waals surface area (Å²) in [4.78, 5) is 0.160. The maximum absolute atomic E-state index is 12.5. The Bertz CT molecular complexity index is 1230. The van der Waals surface area contributed by atoms with E-state index in [4.69, 9.17) is 4.74 Å². The summed E-state index contributed by atoms with van der Waals surface area (Å²) in [5.74, 6) is 1.29. The van der Waals surface area contributed by atoms with E-state index < -0.39 is 10.0 Å². The fourth-order valence-electron chi connectivity index (χ4n) is 2.73. The number of benzene rings is 2. The van der Waals surface area contributed by atoms with Crippen molar-refractivity contribution in [3.05, 3.63) is 66.5 Å². The van der Waals surface area contributed by atoms with Gasteiger partial charge in [0.2, 0.25) is 0 Å². The topological polar surface area (TPSA) is 98.5 Å². The second-order valence-electron chi connectivity index (χ2n) is 6.09. The first-order chi connectivity index (χ1) is 13.5. The number of anilines is 1. The molecule has 28 heavy (non-hydrogen) atoms. The fraction of sp³-hybridized carbons (Fsp3) is 0.105. The summed E-state index contributed by atoms with van der Waals surface area (Å²) in [6, 6.07) is 16.9. The lowest BCUT2D eigenvalue weighted by molar-refractivity contribution is 0.414. The molecule has 0 aliphatic carbocycles. The molecule has 2 aromatic heterocycles. The lowest BCUT2D eigenvalue weighted by Gasteiger charge is -2.09. The quantitative estimate of drug-likeness (QED) is 0.558. The van der Waals surface area contributed by atoms with Crippen molar-refractivity contribution in [3.63, 3.8) is 0 Å². The zero-order valence-electron chi connectivity index (χ0n) is 15.2. The Labute approximate surface area is 161 Å². The van der Waals surface area contributed by atoms with Gasteiger partial charge >= 0.3 is 0 Å². The van der Waals surface area contributed by atoms with E-state index in [-0.39, 0.29) is 4.90 Å². The van der Waals surface area contributed by atoms with Crippen molar-refractivity contribution >= 4 is 21.4 Å². The number of rotatable bonds is 5. The summed E-state index contributed by atoms with van der Waals surface area (Å²) < 4.78 is 34.3. The molecule has 0 aliphatic heterocycles. The second kappa shape index (κ2) is 6.93. The van der Waals surface area contributed by atoms with Crippen LogP contribution in [0.1, 0.15) is 5.82 Å². The van der Waals surface area contributed by atoms with Crippen LogP contribution in [0.4, 0.5) is 5.69 Å². The van der Waals surface area contributed by atoms with Crippen molar-refractivity contribution in [1.29, 1.82) is 0 Å². The third-order valence-electron chi connectivity index (χ3n) is 4.22. The predicted molar refractivity (Wildman–Crippen MR) is 105 cm³/mol. The van der Waals surface area contributed by atoms with Gasteiger partial charge in [0.25, 0.3) is 10.0 Å². The number of hydrogen-bond acceptors (Lipinski definition) is 6. The first kappa shape index (κ1) is 17.9. The highest BCUT2D eigenvalue weighted by Crippen LogP contribution is 2.23. The molecular weight excluding hydrogens is 378 g/mol. The van der Waals surface area contributed by atoms with Gasteiger partial charge < -0.3 is 4.74 Å². The molecule has 0 radical (unpaired) electrons. The van der Waals surface area contributed by atoms with E-state index in [9.17, 15) is 8.42 Å². The van der Waals surface area contributed by atoms with Gasteiger partial charge in [-0.2, -0.15) is 9.61 Å². The minimum absolute atomic E-state index is 0.160. The Morgan fingerprint density at radius 1 is 0.929 bits per heavy atom. The SMILES string of the molecule is COc1ccc(S(=O)(=O)Nc2ccc(-c3ccc4nnc(C)n4n3)cc2)cc1. The van der Waals surface area contributed by atoms with E-state index in [1.807, 2.05) is 19.1 Å². The summed E-state index contributed by atoms with van der Waals surface area (Å²) in [7, 11) is -2.16. The zero-order chi connectivity index (χ0) is 19.7. The van der Waals surface area contributed by atoms with E-state index in [2.05, 4.69) is 20.0 Å². The largest absolute Gasteiger partial charge is 0.497 e. The Balaban J connectivity index is 1.57. The molecule has 0 aliphatic rings. The third-order valence-corrected chi connectivity index (χ3v) is 5.62. The van der Waals surface area contributed by atoms with Crippen LogP contribution >= 0.6 is 0 Å². The van der Waals surface area contributed by atoms with Crippen LogP contribution in [0, 0.1) is 6.92 Å². The minimum Gasteiger partial charge on any atom is -0.497 e. The molecule has 0 bridgehead atoms. The van der Waals surface area contributed by atoms with Gasteiger partial charge in [-0.1, -0.05) is 12.1 Å². The van der Waals surface area contributed by atoms with Crippen LogP contribution in [0.3, 0.4) is 0 Å². The van der Waals surface area contributed by atoms with E-state index in [0.717, 1.165) is 11.3 Å². The predicted octanol–water partition coefficient (Wildman–Crippen LogP) is 2.91. The molecular formula is C19H17N5O3S. The van der Waals surface area contributed by atoms with E-state index in [1.165, 1.54) is 19.2 Å². The monoisotopic (exact) mass is 395 g/mol. The summed E-state index contributed by atoms with van der Waals surface area (Å²) in [6.07, 6.45) is 0.